The molecule has 8 heteroatoms. The number of aromatic amines is 1. The number of aromatic nitrogens is 2. The number of H-pyrrole nitrogens is 1. The number of benzene rings is 1. The number of hydrogen-bond donors (Lipinski definition) is 3. The van der Waals surface area contributed by atoms with E-state index in [1.165, 1.54) is 0 Å². The second kappa shape index (κ2) is 6.20. The molecule has 0 aliphatic rings. The predicted molar refractivity (Wildman–Crippen MR) is 73.3 cm³/mol. The fourth-order valence-corrected chi connectivity index (χ4v) is 2.26. The van der Waals surface area contributed by atoms with E-state index < -0.39 is 12.1 Å². The van der Waals surface area contributed by atoms with Gasteiger partial charge in [0.15, 0.2) is 0 Å². The van der Waals surface area contributed by atoms with E-state index in [0.717, 1.165) is 22.8 Å². The summed E-state index contributed by atoms with van der Waals surface area (Å²) in [7, 11) is 1.57. The third kappa shape index (κ3) is 3.58. The van der Waals surface area contributed by atoms with E-state index in [9.17, 15) is 9.59 Å². The van der Waals surface area contributed by atoms with Crippen LogP contribution in [0, 0.1) is 0 Å². The minimum atomic E-state index is -1.17. The summed E-state index contributed by atoms with van der Waals surface area (Å²) in [6.45, 7) is 0. The van der Waals surface area contributed by atoms with E-state index in [4.69, 9.17) is 9.84 Å². The Kier molecular flexibility index (Phi) is 4.36. The Labute approximate surface area is 118 Å². The first kappa shape index (κ1) is 14.1. The van der Waals surface area contributed by atoms with Gasteiger partial charge >= 0.3 is 11.0 Å². The van der Waals surface area contributed by atoms with Crippen molar-refractivity contribution in [1.29, 1.82) is 0 Å². The van der Waals surface area contributed by atoms with Crippen molar-refractivity contribution < 1.29 is 14.6 Å². The Morgan fingerprint density at radius 1 is 1.50 bits per heavy atom. The molecule has 0 bridgehead atoms. The van der Waals surface area contributed by atoms with E-state index in [1.807, 2.05) is 12.1 Å². The average molecular weight is 295 g/mol. The van der Waals surface area contributed by atoms with Crippen LogP contribution in [0.4, 0.5) is 4.79 Å². The maximum Gasteiger partial charge on any atom is 0.405 e. The molecule has 7 nitrogen and oxygen atoms in total. The van der Waals surface area contributed by atoms with Crippen LogP contribution in [0.15, 0.2) is 29.1 Å². The van der Waals surface area contributed by atoms with Crippen molar-refractivity contribution in [2.45, 2.75) is 12.5 Å². The molecule has 0 saturated heterocycles. The largest absolute Gasteiger partial charge is 0.497 e. The minimum Gasteiger partial charge on any atom is -0.497 e. The van der Waals surface area contributed by atoms with Gasteiger partial charge in [-0.15, -0.1) is 0 Å². The highest BCUT2D eigenvalue weighted by atomic mass is 32.1. The molecule has 1 unspecified atom stereocenters. The molecule has 0 fully saturated rings. The number of methoxy groups -OCH3 is 1. The fourth-order valence-electron chi connectivity index (χ4n) is 1.75. The first-order valence-electron chi connectivity index (χ1n) is 5.77. The lowest BCUT2D eigenvalue weighted by atomic mass is 10.1. The summed E-state index contributed by atoms with van der Waals surface area (Å²) in [6, 6.07) is 6.65. The van der Waals surface area contributed by atoms with Crippen LogP contribution in [0.2, 0.25) is 0 Å². The molecule has 3 N–H and O–H groups in total. The number of carboxylic acid groups (broad SMARTS) is 1. The third-order valence-corrected chi connectivity index (χ3v) is 3.24. The van der Waals surface area contributed by atoms with Crippen LogP contribution in [0.25, 0.3) is 0 Å². The molecular weight excluding hydrogens is 282 g/mol. The number of rotatable bonds is 5. The molecule has 20 heavy (non-hydrogen) atoms. The van der Waals surface area contributed by atoms with E-state index in [2.05, 4.69) is 14.7 Å². The highest BCUT2D eigenvalue weighted by molar-refractivity contribution is 7.02. The van der Waals surface area contributed by atoms with Gasteiger partial charge in [-0.05, 0) is 17.7 Å². The Morgan fingerprint density at radius 2 is 2.20 bits per heavy atom. The van der Waals surface area contributed by atoms with Crippen molar-refractivity contribution in [3.05, 3.63) is 45.3 Å². The molecule has 1 amide bonds. The quantitative estimate of drug-likeness (QED) is 0.773. The maximum atomic E-state index is 11.1. The van der Waals surface area contributed by atoms with Gasteiger partial charge < -0.3 is 15.2 Å². The predicted octanol–water partition coefficient (Wildman–Crippen LogP) is 1.39. The zero-order valence-electron chi connectivity index (χ0n) is 10.6. The molecular formula is C12H13N3O4S. The summed E-state index contributed by atoms with van der Waals surface area (Å²) in [6.07, 6.45) is -0.784. The molecule has 0 spiro atoms. The Morgan fingerprint density at radius 3 is 2.70 bits per heavy atom. The van der Waals surface area contributed by atoms with Crippen molar-refractivity contribution in [1.82, 2.24) is 14.7 Å². The summed E-state index contributed by atoms with van der Waals surface area (Å²) in [5.41, 5.74) is 0.901. The zero-order valence-corrected chi connectivity index (χ0v) is 11.4. The molecule has 2 rings (SSSR count). The second-order valence-corrected chi connectivity index (χ2v) is 4.77. The summed E-state index contributed by atoms with van der Waals surface area (Å²) in [5.74, 6) is 1.04. The van der Waals surface area contributed by atoms with Gasteiger partial charge in [0.25, 0.3) is 0 Å². The third-order valence-electron chi connectivity index (χ3n) is 2.68. The smallest absolute Gasteiger partial charge is 0.405 e. The number of amides is 1. The van der Waals surface area contributed by atoms with Gasteiger partial charge in [-0.3, -0.25) is 9.78 Å². The van der Waals surface area contributed by atoms with Crippen LogP contribution in [-0.4, -0.2) is 27.7 Å². The summed E-state index contributed by atoms with van der Waals surface area (Å²) < 4.78 is 8.98. The van der Waals surface area contributed by atoms with Gasteiger partial charge in [-0.2, -0.15) is 4.37 Å². The monoisotopic (exact) mass is 295 g/mol. The normalized spacial score (nSPS) is 11.8. The fraction of sp³-hybridized carbons (Fsp3) is 0.250. The summed E-state index contributed by atoms with van der Waals surface area (Å²) in [5, 5.41) is 11.2. The highest BCUT2D eigenvalue weighted by Crippen LogP contribution is 2.18. The van der Waals surface area contributed by atoms with Gasteiger partial charge in [0, 0.05) is 18.0 Å². The maximum absolute atomic E-state index is 11.1. The van der Waals surface area contributed by atoms with Gasteiger partial charge in [-0.25, -0.2) is 4.79 Å². The Hall–Kier alpha value is -2.35. The lowest BCUT2D eigenvalue weighted by molar-refractivity contribution is 0.189. The van der Waals surface area contributed by atoms with Crippen molar-refractivity contribution >= 4 is 17.6 Å². The van der Waals surface area contributed by atoms with Gasteiger partial charge in [0.05, 0.1) is 13.2 Å². The number of carbonyl (C=O) groups is 1. The number of ether oxygens (including phenoxy) is 1. The first-order chi connectivity index (χ1) is 9.58. The summed E-state index contributed by atoms with van der Waals surface area (Å²) in [4.78, 5) is 24.2. The Bertz CT molecular complexity index is 635. The topological polar surface area (TPSA) is 104 Å². The molecule has 0 aliphatic carbocycles. The molecule has 1 aromatic carbocycles. The van der Waals surface area contributed by atoms with Crippen LogP contribution in [0.3, 0.4) is 0 Å². The lowest BCUT2D eigenvalue weighted by Gasteiger charge is -2.14. The van der Waals surface area contributed by atoms with Crippen LogP contribution in [0.1, 0.15) is 17.4 Å². The van der Waals surface area contributed by atoms with E-state index in [0.29, 0.717) is 12.2 Å². The molecule has 106 valence electrons. The lowest BCUT2D eigenvalue weighted by Crippen LogP contribution is -2.29. The molecule has 0 radical (unpaired) electrons. The van der Waals surface area contributed by atoms with E-state index >= 15 is 0 Å². The van der Waals surface area contributed by atoms with Crippen LogP contribution in [0.5, 0.6) is 5.75 Å². The van der Waals surface area contributed by atoms with Gasteiger partial charge in [0.1, 0.15) is 11.6 Å². The van der Waals surface area contributed by atoms with Crippen molar-refractivity contribution in [2.75, 3.05) is 7.11 Å². The minimum absolute atomic E-state index is 0.313. The molecule has 1 atom stereocenters. The standard InChI is InChI=1S/C12H13N3O4S/c1-19-8-4-2-7(3-5-8)6-9(13-11(16)17)10-14-12(18)20-15-10/h2-5,9,13H,6H2,1H3,(H,16,17)(H,14,15,18). The summed E-state index contributed by atoms with van der Waals surface area (Å²) >= 11 is 0.762. The van der Waals surface area contributed by atoms with Crippen LogP contribution >= 0.6 is 11.5 Å². The van der Waals surface area contributed by atoms with E-state index in [1.54, 1.807) is 19.2 Å². The molecule has 1 aromatic heterocycles. The second-order valence-electron chi connectivity index (χ2n) is 4.03. The van der Waals surface area contributed by atoms with Crippen LogP contribution < -0.4 is 14.9 Å². The zero-order chi connectivity index (χ0) is 14.5. The van der Waals surface area contributed by atoms with Gasteiger partial charge in [0.2, 0.25) is 0 Å². The number of hydrogen-bond acceptors (Lipinski definition) is 5. The van der Waals surface area contributed by atoms with Crippen molar-refractivity contribution in [2.24, 2.45) is 0 Å². The number of nitrogens with zero attached hydrogens (tertiary/aromatic N) is 1. The Balaban J connectivity index is 2.18. The average Bonchev–Trinajstić information content (AvgIpc) is 2.85. The SMILES string of the molecule is COc1ccc(CC(NC(=O)O)c2nsc(=O)[nH]2)cc1. The molecule has 0 saturated carbocycles. The highest BCUT2D eigenvalue weighted by Gasteiger charge is 2.18. The first-order valence-corrected chi connectivity index (χ1v) is 6.54. The number of nitrogens with one attached hydrogen (secondary N) is 2. The van der Waals surface area contributed by atoms with E-state index in [-0.39, 0.29) is 4.87 Å². The van der Waals surface area contributed by atoms with Gasteiger partial charge in [-0.1, -0.05) is 12.1 Å². The van der Waals surface area contributed by atoms with Crippen molar-refractivity contribution in [3.63, 3.8) is 0 Å². The molecule has 2 aromatic rings. The van der Waals surface area contributed by atoms with Crippen LogP contribution in [-0.2, 0) is 6.42 Å². The molecule has 1 heterocycles. The van der Waals surface area contributed by atoms with Crippen molar-refractivity contribution in [3.8, 4) is 5.75 Å². The molecule has 0 aliphatic heterocycles.